The molecule has 2 aliphatic heterocycles. The second-order valence-electron chi connectivity index (χ2n) is 7.79. The number of hydrogen-bond acceptors (Lipinski definition) is 7. The molecule has 5 rings (SSSR count). The van der Waals surface area contributed by atoms with Gasteiger partial charge in [-0.1, -0.05) is 17.9 Å². The van der Waals surface area contributed by atoms with Crippen LogP contribution in [0.25, 0.3) is 11.1 Å². The Morgan fingerprint density at radius 1 is 1.03 bits per heavy atom. The molecule has 7 heteroatoms. The number of rotatable bonds is 2. The van der Waals surface area contributed by atoms with Crippen LogP contribution in [0.4, 0.5) is 0 Å². The SMILES string of the molecule is CN(C)CC#Cc1ccc2c(c1)[C@@]1(COC(N)=N1)c1cc(-c3cncnc3)ccc1O2. The predicted molar refractivity (Wildman–Crippen MR) is 118 cm³/mol. The molecule has 1 spiro atoms. The van der Waals surface area contributed by atoms with Gasteiger partial charge in [0.1, 0.15) is 24.4 Å². The molecule has 0 fully saturated rings. The molecule has 3 heterocycles. The van der Waals surface area contributed by atoms with Gasteiger partial charge in [0, 0.05) is 34.6 Å². The van der Waals surface area contributed by atoms with Crippen molar-refractivity contribution >= 4 is 6.02 Å². The molecule has 1 aromatic heterocycles. The molecule has 31 heavy (non-hydrogen) atoms. The van der Waals surface area contributed by atoms with E-state index < -0.39 is 5.54 Å². The number of aliphatic imine (C=N–C) groups is 1. The highest BCUT2D eigenvalue weighted by molar-refractivity contribution is 5.78. The van der Waals surface area contributed by atoms with Crippen LogP contribution < -0.4 is 10.5 Å². The van der Waals surface area contributed by atoms with Crippen molar-refractivity contribution in [2.24, 2.45) is 10.7 Å². The fraction of sp³-hybridized carbons (Fsp3) is 0.208. The van der Waals surface area contributed by atoms with Gasteiger partial charge in [-0.15, -0.1) is 0 Å². The third-order valence-electron chi connectivity index (χ3n) is 5.32. The Morgan fingerprint density at radius 3 is 2.48 bits per heavy atom. The minimum atomic E-state index is -0.794. The summed E-state index contributed by atoms with van der Waals surface area (Å²) in [6, 6.07) is 12.0. The maximum atomic E-state index is 6.23. The number of aromatic nitrogens is 2. The van der Waals surface area contributed by atoms with E-state index in [1.807, 2.05) is 55.4 Å². The van der Waals surface area contributed by atoms with Crippen LogP contribution in [0.15, 0.2) is 60.1 Å². The third kappa shape index (κ3) is 3.37. The van der Waals surface area contributed by atoms with Crippen LogP contribution in [0.5, 0.6) is 11.5 Å². The fourth-order valence-corrected chi connectivity index (χ4v) is 3.86. The lowest BCUT2D eigenvalue weighted by Gasteiger charge is -2.33. The van der Waals surface area contributed by atoms with Gasteiger partial charge >= 0.3 is 0 Å². The number of nitrogens with zero attached hydrogens (tertiary/aromatic N) is 4. The van der Waals surface area contributed by atoms with Crippen molar-refractivity contribution in [3.63, 3.8) is 0 Å². The molecule has 2 aliphatic rings. The van der Waals surface area contributed by atoms with Crippen LogP contribution in [0.1, 0.15) is 16.7 Å². The van der Waals surface area contributed by atoms with E-state index in [0.717, 1.165) is 39.3 Å². The molecule has 0 aliphatic carbocycles. The van der Waals surface area contributed by atoms with Gasteiger partial charge in [0.2, 0.25) is 0 Å². The second-order valence-corrected chi connectivity index (χ2v) is 7.79. The third-order valence-corrected chi connectivity index (χ3v) is 5.32. The van der Waals surface area contributed by atoms with Crippen molar-refractivity contribution in [3.05, 3.63) is 71.8 Å². The number of nitrogens with two attached hydrogens (primary N) is 1. The molecule has 0 amide bonds. The van der Waals surface area contributed by atoms with E-state index in [2.05, 4.69) is 21.8 Å². The zero-order valence-electron chi connectivity index (χ0n) is 17.3. The molecule has 0 saturated carbocycles. The summed E-state index contributed by atoms with van der Waals surface area (Å²) in [6.07, 6.45) is 5.07. The molecule has 0 unspecified atom stereocenters. The Hall–Kier alpha value is -3.89. The lowest BCUT2D eigenvalue weighted by molar-refractivity contribution is 0.264. The van der Waals surface area contributed by atoms with Crippen LogP contribution in [0.2, 0.25) is 0 Å². The van der Waals surface area contributed by atoms with Gasteiger partial charge in [0.05, 0.1) is 6.54 Å². The van der Waals surface area contributed by atoms with Crippen LogP contribution in [-0.4, -0.2) is 48.1 Å². The van der Waals surface area contributed by atoms with Gasteiger partial charge in [0.25, 0.3) is 6.02 Å². The Balaban J connectivity index is 1.65. The highest BCUT2D eigenvalue weighted by Crippen LogP contribution is 2.51. The zero-order valence-corrected chi connectivity index (χ0v) is 17.3. The topological polar surface area (TPSA) is 85.9 Å². The van der Waals surface area contributed by atoms with E-state index in [1.54, 1.807) is 12.4 Å². The summed E-state index contributed by atoms with van der Waals surface area (Å²) in [7, 11) is 3.98. The lowest BCUT2D eigenvalue weighted by Crippen LogP contribution is -2.31. The van der Waals surface area contributed by atoms with Gasteiger partial charge in [0.15, 0.2) is 5.54 Å². The molecule has 2 N–H and O–H groups in total. The molecule has 2 aromatic carbocycles. The quantitative estimate of drug-likeness (QED) is 0.653. The van der Waals surface area contributed by atoms with Crippen molar-refractivity contribution < 1.29 is 9.47 Å². The average Bonchev–Trinajstić information content (AvgIpc) is 3.17. The average molecular weight is 411 g/mol. The van der Waals surface area contributed by atoms with E-state index in [0.29, 0.717) is 13.2 Å². The maximum Gasteiger partial charge on any atom is 0.283 e. The molecule has 154 valence electrons. The summed E-state index contributed by atoms with van der Waals surface area (Å²) in [5.74, 6) is 7.84. The van der Waals surface area contributed by atoms with Crippen LogP contribution in [-0.2, 0) is 10.3 Å². The largest absolute Gasteiger partial charge is 0.462 e. The Morgan fingerprint density at radius 2 is 1.77 bits per heavy atom. The zero-order chi connectivity index (χ0) is 21.4. The highest BCUT2D eigenvalue weighted by Gasteiger charge is 2.47. The number of amidine groups is 1. The highest BCUT2D eigenvalue weighted by atomic mass is 16.5. The first kappa shape index (κ1) is 19.1. The number of benzene rings is 2. The minimum Gasteiger partial charge on any atom is -0.462 e. The summed E-state index contributed by atoms with van der Waals surface area (Å²) < 4.78 is 11.9. The van der Waals surface area contributed by atoms with E-state index in [1.165, 1.54) is 6.33 Å². The maximum absolute atomic E-state index is 6.23. The monoisotopic (exact) mass is 411 g/mol. The summed E-state index contributed by atoms with van der Waals surface area (Å²) in [4.78, 5) is 15.0. The Bertz CT molecular complexity index is 1240. The first-order valence-electron chi connectivity index (χ1n) is 9.89. The molecule has 0 radical (unpaired) electrons. The van der Waals surface area contributed by atoms with Gasteiger partial charge in [-0.25, -0.2) is 15.0 Å². The lowest BCUT2D eigenvalue weighted by atomic mass is 9.80. The number of fused-ring (bicyclic) bond motifs is 4. The van der Waals surface area contributed by atoms with E-state index >= 15 is 0 Å². The Labute approximate surface area is 180 Å². The standard InChI is InChI=1S/C24H21N5O2/c1-29(2)9-3-4-16-5-7-21-19(10-16)24(14-30-23(25)28-24)20-11-17(6-8-22(20)31-21)18-12-26-15-27-13-18/h5-8,10-13,15H,9,14H2,1-2H3,(H2,25,28)/t24-/m0/s1. The molecule has 0 saturated heterocycles. The molecular formula is C24H21N5O2. The Kier molecular flexibility index (Phi) is 4.57. The smallest absolute Gasteiger partial charge is 0.283 e. The normalized spacial score (nSPS) is 18.4. The molecule has 7 nitrogen and oxygen atoms in total. The van der Waals surface area contributed by atoms with E-state index in [-0.39, 0.29) is 6.02 Å². The van der Waals surface area contributed by atoms with E-state index in [9.17, 15) is 0 Å². The first-order chi connectivity index (χ1) is 15.0. The predicted octanol–water partition coefficient (Wildman–Crippen LogP) is 2.75. The number of hydrogen-bond donors (Lipinski definition) is 1. The van der Waals surface area contributed by atoms with Crippen LogP contribution >= 0.6 is 0 Å². The van der Waals surface area contributed by atoms with Crippen molar-refractivity contribution in [2.75, 3.05) is 27.2 Å². The summed E-state index contributed by atoms with van der Waals surface area (Å²) in [5, 5.41) is 0. The minimum absolute atomic E-state index is 0.163. The van der Waals surface area contributed by atoms with Crippen LogP contribution in [0.3, 0.4) is 0 Å². The van der Waals surface area contributed by atoms with Crippen molar-refractivity contribution in [3.8, 4) is 34.5 Å². The fourth-order valence-electron chi connectivity index (χ4n) is 3.86. The van der Waals surface area contributed by atoms with Crippen molar-refractivity contribution in [2.45, 2.75) is 5.54 Å². The van der Waals surface area contributed by atoms with Gasteiger partial charge in [-0.2, -0.15) is 0 Å². The van der Waals surface area contributed by atoms with Gasteiger partial charge in [-0.3, -0.25) is 4.90 Å². The first-order valence-corrected chi connectivity index (χ1v) is 9.89. The second kappa shape index (κ2) is 7.42. The van der Waals surface area contributed by atoms with E-state index in [4.69, 9.17) is 20.2 Å². The summed E-state index contributed by atoms with van der Waals surface area (Å²) in [5.41, 5.74) is 9.73. The summed E-state index contributed by atoms with van der Waals surface area (Å²) >= 11 is 0. The molecule has 3 aromatic rings. The van der Waals surface area contributed by atoms with Gasteiger partial charge < -0.3 is 15.2 Å². The summed E-state index contributed by atoms with van der Waals surface area (Å²) in [6.45, 7) is 0.976. The van der Waals surface area contributed by atoms with Crippen molar-refractivity contribution in [1.29, 1.82) is 0 Å². The van der Waals surface area contributed by atoms with Crippen LogP contribution in [0, 0.1) is 11.8 Å². The molecular weight excluding hydrogens is 390 g/mol. The van der Waals surface area contributed by atoms with Crippen molar-refractivity contribution in [1.82, 2.24) is 14.9 Å². The molecule has 0 bridgehead atoms. The number of ether oxygens (including phenoxy) is 2. The molecule has 1 atom stereocenters. The van der Waals surface area contributed by atoms with Gasteiger partial charge in [-0.05, 0) is 50.0 Å².